The van der Waals surface area contributed by atoms with Crippen LogP contribution in [0.25, 0.3) is 0 Å². The molecule has 0 radical (unpaired) electrons. The van der Waals surface area contributed by atoms with Crippen molar-refractivity contribution in [3.63, 3.8) is 0 Å². The Morgan fingerprint density at radius 1 is 1.10 bits per heavy atom. The molecule has 1 aliphatic rings. The Morgan fingerprint density at radius 3 is 2.59 bits per heavy atom. The number of rotatable bonds is 6. The van der Waals surface area contributed by atoms with Crippen LogP contribution in [-0.4, -0.2) is 22.9 Å². The molecule has 0 saturated carbocycles. The molecule has 0 spiro atoms. The molecule has 1 saturated heterocycles. The van der Waals surface area contributed by atoms with Crippen molar-refractivity contribution >= 4 is 17.3 Å². The average Bonchev–Trinajstić information content (AvgIpc) is 2.78. The van der Waals surface area contributed by atoms with Gasteiger partial charge in [0, 0.05) is 19.1 Å². The van der Waals surface area contributed by atoms with Gasteiger partial charge in [0.1, 0.15) is 5.02 Å². The van der Waals surface area contributed by atoms with Gasteiger partial charge >= 0.3 is 0 Å². The second-order valence-electron chi connectivity index (χ2n) is 7.31. The molecule has 6 heteroatoms. The number of aromatic nitrogens is 2. The highest BCUT2D eigenvalue weighted by molar-refractivity contribution is 6.32. The Bertz CT molecular complexity index is 992. The van der Waals surface area contributed by atoms with Gasteiger partial charge in [-0.15, -0.1) is 0 Å². The predicted molar refractivity (Wildman–Crippen MR) is 115 cm³/mol. The van der Waals surface area contributed by atoms with Crippen molar-refractivity contribution in [1.82, 2.24) is 9.78 Å². The minimum Gasteiger partial charge on any atom is -0.382 e. The zero-order chi connectivity index (χ0) is 20.1. The summed E-state index contributed by atoms with van der Waals surface area (Å²) < 4.78 is 7.44. The van der Waals surface area contributed by atoms with Gasteiger partial charge in [0.2, 0.25) is 0 Å². The van der Waals surface area contributed by atoms with Crippen LogP contribution >= 0.6 is 11.6 Å². The molecule has 2 heterocycles. The standard InChI is InChI=1S/C23H24ClN3O2/c24-21-20(15-26-27(23(21)28)16-17-8-3-1-4-9-17)25-14-19-12-7-13-29-22(19)18-10-5-2-6-11-18/h1-6,8-11,15,19,22,25H,7,12-14,16H2. The zero-order valence-corrected chi connectivity index (χ0v) is 16.9. The summed E-state index contributed by atoms with van der Waals surface area (Å²) in [4.78, 5) is 12.6. The smallest absolute Gasteiger partial charge is 0.287 e. The fourth-order valence-corrected chi connectivity index (χ4v) is 3.97. The lowest BCUT2D eigenvalue weighted by Crippen LogP contribution is -2.29. The second kappa shape index (κ2) is 9.25. The van der Waals surface area contributed by atoms with Crippen molar-refractivity contribution in [3.05, 3.63) is 93.4 Å². The molecule has 2 unspecified atom stereocenters. The maximum atomic E-state index is 12.6. The number of nitrogens with one attached hydrogen (secondary N) is 1. The van der Waals surface area contributed by atoms with Crippen molar-refractivity contribution in [1.29, 1.82) is 0 Å². The van der Waals surface area contributed by atoms with Gasteiger partial charge in [-0.3, -0.25) is 4.79 Å². The minimum atomic E-state index is -0.292. The van der Waals surface area contributed by atoms with Crippen LogP contribution in [-0.2, 0) is 11.3 Å². The van der Waals surface area contributed by atoms with E-state index in [9.17, 15) is 4.79 Å². The number of anilines is 1. The van der Waals surface area contributed by atoms with Crippen molar-refractivity contribution in [3.8, 4) is 0 Å². The van der Waals surface area contributed by atoms with Crippen LogP contribution in [0, 0.1) is 5.92 Å². The number of hydrogen-bond acceptors (Lipinski definition) is 4. The van der Waals surface area contributed by atoms with E-state index in [4.69, 9.17) is 16.3 Å². The van der Waals surface area contributed by atoms with Crippen LogP contribution in [0.2, 0.25) is 5.02 Å². The molecular weight excluding hydrogens is 386 g/mol. The molecule has 1 N–H and O–H groups in total. The number of hydrogen-bond donors (Lipinski definition) is 1. The fourth-order valence-electron chi connectivity index (χ4n) is 3.76. The van der Waals surface area contributed by atoms with Gasteiger partial charge in [0.25, 0.3) is 5.56 Å². The first-order valence-corrected chi connectivity index (χ1v) is 10.3. The summed E-state index contributed by atoms with van der Waals surface area (Å²) in [5.41, 5.74) is 2.46. The summed E-state index contributed by atoms with van der Waals surface area (Å²) in [5, 5.41) is 7.80. The van der Waals surface area contributed by atoms with Gasteiger partial charge in [-0.05, 0) is 24.0 Å². The molecule has 150 valence electrons. The monoisotopic (exact) mass is 409 g/mol. The van der Waals surface area contributed by atoms with Gasteiger partial charge in [0.05, 0.1) is 24.5 Å². The van der Waals surface area contributed by atoms with E-state index in [1.54, 1.807) is 6.20 Å². The van der Waals surface area contributed by atoms with Gasteiger partial charge in [0.15, 0.2) is 0 Å². The Morgan fingerprint density at radius 2 is 1.83 bits per heavy atom. The Labute approximate surface area is 175 Å². The van der Waals surface area contributed by atoms with Gasteiger partial charge in [-0.1, -0.05) is 72.3 Å². The molecule has 2 aromatic carbocycles. The average molecular weight is 410 g/mol. The third-order valence-corrected chi connectivity index (χ3v) is 5.65. The van der Waals surface area contributed by atoms with E-state index < -0.39 is 0 Å². The van der Waals surface area contributed by atoms with Crippen molar-refractivity contribution in [2.75, 3.05) is 18.5 Å². The topological polar surface area (TPSA) is 56.1 Å². The van der Waals surface area contributed by atoms with Crippen LogP contribution in [0.4, 0.5) is 5.69 Å². The maximum Gasteiger partial charge on any atom is 0.287 e. The third-order valence-electron chi connectivity index (χ3n) is 5.29. The lowest BCUT2D eigenvalue weighted by atomic mass is 9.89. The van der Waals surface area contributed by atoms with E-state index in [0.29, 0.717) is 24.7 Å². The summed E-state index contributed by atoms with van der Waals surface area (Å²) in [7, 11) is 0. The van der Waals surface area contributed by atoms with Crippen LogP contribution in [0.5, 0.6) is 0 Å². The zero-order valence-electron chi connectivity index (χ0n) is 16.1. The largest absolute Gasteiger partial charge is 0.382 e. The molecule has 4 rings (SSSR count). The first-order valence-electron chi connectivity index (χ1n) is 9.92. The Balaban J connectivity index is 1.46. The molecule has 1 fully saturated rings. The van der Waals surface area contributed by atoms with Crippen LogP contribution < -0.4 is 10.9 Å². The third kappa shape index (κ3) is 4.69. The molecule has 0 amide bonds. The second-order valence-corrected chi connectivity index (χ2v) is 7.68. The number of nitrogens with zero attached hydrogens (tertiary/aromatic N) is 2. The molecule has 3 aromatic rings. The molecule has 29 heavy (non-hydrogen) atoms. The van der Waals surface area contributed by atoms with E-state index in [1.807, 2.05) is 48.5 Å². The highest BCUT2D eigenvalue weighted by Gasteiger charge is 2.27. The fraction of sp³-hybridized carbons (Fsp3) is 0.304. The van der Waals surface area contributed by atoms with Crippen LogP contribution in [0.1, 0.15) is 30.1 Å². The Kier molecular flexibility index (Phi) is 6.27. The van der Waals surface area contributed by atoms with E-state index in [1.165, 1.54) is 10.2 Å². The molecule has 1 aromatic heterocycles. The molecular formula is C23H24ClN3O2. The first-order chi connectivity index (χ1) is 14.2. The molecule has 0 aliphatic carbocycles. The lowest BCUT2D eigenvalue weighted by molar-refractivity contribution is -0.0238. The molecule has 1 aliphatic heterocycles. The van der Waals surface area contributed by atoms with Crippen molar-refractivity contribution in [2.24, 2.45) is 5.92 Å². The molecule has 2 atom stereocenters. The van der Waals surface area contributed by atoms with Gasteiger partial charge in [-0.2, -0.15) is 5.10 Å². The highest BCUT2D eigenvalue weighted by atomic mass is 35.5. The van der Waals surface area contributed by atoms with Crippen LogP contribution in [0.3, 0.4) is 0 Å². The van der Waals surface area contributed by atoms with Crippen molar-refractivity contribution < 1.29 is 4.74 Å². The summed E-state index contributed by atoms with van der Waals surface area (Å²) in [5.74, 6) is 0.300. The number of ether oxygens (including phenoxy) is 1. The maximum absolute atomic E-state index is 12.6. The van der Waals surface area contributed by atoms with Crippen molar-refractivity contribution in [2.45, 2.75) is 25.5 Å². The summed E-state index contributed by atoms with van der Waals surface area (Å²) >= 11 is 6.37. The highest BCUT2D eigenvalue weighted by Crippen LogP contribution is 2.34. The minimum absolute atomic E-state index is 0.0441. The van der Waals surface area contributed by atoms with Crippen LogP contribution in [0.15, 0.2) is 71.7 Å². The lowest BCUT2D eigenvalue weighted by Gasteiger charge is -2.32. The van der Waals surface area contributed by atoms with E-state index in [2.05, 4.69) is 22.5 Å². The Hall–Kier alpha value is -2.63. The van der Waals surface area contributed by atoms with E-state index in [-0.39, 0.29) is 16.7 Å². The predicted octanol–water partition coefficient (Wildman–Crippen LogP) is 4.52. The number of halogens is 1. The van der Waals surface area contributed by atoms with Gasteiger partial charge < -0.3 is 10.1 Å². The SMILES string of the molecule is O=c1c(Cl)c(NCC2CCCOC2c2ccccc2)cnn1Cc1ccccc1. The number of benzene rings is 2. The summed E-state index contributed by atoms with van der Waals surface area (Å²) in [6.45, 7) is 1.84. The van der Waals surface area contributed by atoms with E-state index in [0.717, 1.165) is 25.0 Å². The first kappa shape index (κ1) is 19.7. The quantitative estimate of drug-likeness (QED) is 0.650. The van der Waals surface area contributed by atoms with E-state index >= 15 is 0 Å². The summed E-state index contributed by atoms with van der Waals surface area (Å²) in [6.07, 6.45) is 3.76. The molecule has 5 nitrogen and oxygen atoms in total. The normalized spacial score (nSPS) is 19.1. The summed E-state index contributed by atoms with van der Waals surface area (Å²) in [6, 6.07) is 20.0. The molecule has 0 bridgehead atoms. The van der Waals surface area contributed by atoms with Gasteiger partial charge in [-0.25, -0.2) is 4.68 Å².